The summed E-state index contributed by atoms with van der Waals surface area (Å²) in [5.74, 6) is 0.983. The number of rotatable bonds is 3. The van der Waals surface area contributed by atoms with Crippen molar-refractivity contribution in [3.63, 3.8) is 0 Å². The van der Waals surface area contributed by atoms with Gasteiger partial charge in [-0.2, -0.15) is 0 Å². The molecule has 0 radical (unpaired) electrons. The highest BCUT2D eigenvalue weighted by Gasteiger charge is 2.27. The summed E-state index contributed by atoms with van der Waals surface area (Å²) in [7, 11) is 0. The molecule has 0 aliphatic carbocycles. The van der Waals surface area contributed by atoms with Crippen molar-refractivity contribution in [1.82, 2.24) is 14.5 Å². The number of hydrogen-bond acceptors (Lipinski definition) is 2. The van der Waals surface area contributed by atoms with E-state index in [1.54, 1.807) is 6.20 Å². The Morgan fingerprint density at radius 1 is 1.56 bits per heavy atom. The Morgan fingerprint density at radius 3 is 3.00 bits per heavy atom. The number of carbonyl (C=O) groups excluding carboxylic acids is 1. The van der Waals surface area contributed by atoms with Crippen LogP contribution in [0, 0.1) is 11.8 Å². The molecular formula is C12H19N3O. The molecule has 1 fully saturated rings. The van der Waals surface area contributed by atoms with Gasteiger partial charge in [0, 0.05) is 37.9 Å². The lowest BCUT2D eigenvalue weighted by Crippen LogP contribution is -2.32. The first kappa shape index (κ1) is 11.2. The van der Waals surface area contributed by atoms with Crippen LogP contribution in [0.3, 0.4) is 0 Å². The van der Waals surface area contributed by atoms with Crippen molar-refractivity contribution >= 4 is 5.91 Å². The highest BCUT2D eigenvalue weighted by atomic mass is 16.2. The molecule has 1 aromatic rings. The van der Waals surface area contributed by atoms with Gasteiger partial charge in [-0.05, 0) is 12.3 Å². The second-order valence-corrected chi connectivity index (χ2v) is 4.85. The van der Waals surface area contributed by atoms with Gasteiger partial charge in [0.1, 0.15) is 0 Å². The van der Waals surface area contributed by atoms with Crippen molar-refractivity contribution in [2.45, 2.75) is 26.8 Å². The van der Waals surface area contributed by atoms with Crippen LogP contribution in [0.4, 0.5) is 0 Å². The number of aromatic nitrogens is 2. The molecule has 16 heavy (non-hydrogen) atoms. The molecule has 0 aromatic carbocycles. The van der Waals surface area contributed by atoms with E-state index in [0.29, 0.717) is 5.92 Å². The van der Waals surface area contributed by atoms with Crippen LogP contribution >= 0.6 is 0 Å². The second kappa shape index (κ2) is 4.68. The summed E-state index contributed by atoms with van der Waals surface area (Å²) in [4.78, 5) is 17.8. The Bertz CT molecular complexity index is 345. The zero-order valence-corrected chi connectivity index (χ0v) is 9.97. The molecule has 0 N–H and O–H groups in total. The minimum Gasteiger partial charge on any atom is -0.342 e. The fourth-order valence-corrected chi connectivity index (χ4v) is 2.24. The Balaban J connectivity index is 1.86. The molecule has 1 amide bonds. The van der Waals surface area contributed by atoms with Gasteiger partial charge in [-0.1, -0.05) is 13.8 Å². The number of imidazole rings is 1. The van der Waals surface area contributed by atoms with Crippen LogP contribution in [0.5, 0.6) is 0 Å². The number of carbonyl (C=O) groups is 1. The number of hydrogen-bond donors (Lipinski definition) is 0. The van der Waals surface area contributed by atoms with Gasteiger partial charge in [0.25, 0.3) is 0 Å². The molecular weight excluding hydrogens is 202 g/mol. The first-order valence-corrected chi connectivity index (χ1v) is 5.91. The topological polar surface area (TPSA) is 38.1 Å². The summed E-state index contributed by atoms with van der Waals surface area (Å²) in [6.45, 7) is 6.71. The second-order valence-electron chi connectivity index (χ2n) is 4.85. The third-order valence-corrected chi connectivity index (χ3v) is 3.12. The first-order chi connectivity index (χ1) is 7.66. The first-order valence-electron chi connectivity index (χ1n) is 5.91. The van der Waals surface area contributed by atoms with E-state index in [4.69, 9.17) is 0 Å². The fraction of sp³-hybridized carbons (Fsp3) is 0.667. The lowest BCUT2D eigenvalue weighted by molar-refractivity contribution is -0.133. The fourth-order valence-electron chi connectivity index (χ4n) is 2.24. The van der Waals surface area contributed by atoms with E-state index in [0.717, 1.165) is 26.1 Å². The molecule has 4 nitrogen and oxygen atoms in total. The summed E-state index contributed by atoms with van der Waals surface area (Å²) in [5, 5.41) is 0. The highest BCUT2D eigenvalue weighted by Crippen LogP contribution is 2.19. The summed E-state index contributed by atoms with van der Waals surface area (Å²) >= 11 is 0. The van der Waals surface area contributed by atoms with Crippen LogP contribution in [-0.2, 0) is 11.3 Å². The summed E-state index contributed by atoms with van der Waals surface area (Å²) in [5.41, 5.74) is 0. The number of nitrogens with zero attached hydrogens (tertiary/aromatic N) is 3. The lowest BCUT2D eigenvalue weighted by Gasteiger charge is -2.18. The van der Waals surface area contributed by atoms with Gasteiger partial charge in [-0.15, -0.1) is 0 Å². The third kappa shape index (κ3) is 2.43. The van der Waals surface area contributed by atoms with Crippen LogP contribution < -0.4 is 0 Å². The monoisotopic (exact) mass is 221 g/mol. The quantitative estimate of drug-likeness (QED) is 0.773. The normalized spacial score (nSPS) is 20.7. The van der Waals surface area contributed by atoms with E-state index in [2.05, 4.69) is 9.55 Å². The van der Waals surface area contributed by atoms with E-state index in [1.807, 2.05) is 31.3 Å². The van der Waals surface area contributed by atoms with E-state index in [1.165, 1.54) is 0 Å². The largest absolute Gasteiger partial charge is 0.342 e. The van der Waals surface area contributed by atoms with Crippen molar-refractivity contribution in [2.75, 3.05) is 13.1 Å². The maximum Gasteiger partial charge on any atom is 0.225 e. The minimum absolute atomic E-state index is 0.118. The van der Waals surface area contributed by atoms with Crippen LogP contribution in [0.25, 0.3) is 0 Å². The smallest absolute Gasteiger partial charge is 0.225 e. The van der Waals surface area contributed by atoms with E-state index in [-0.39, 0.29) is 11.8 Å². The van der Waals surface area contributed by atoms with Crippen molar-refractivity contribution in [1.29, 1.82) is 0 Å². The summed E-state index contributed by atoms with van der Waals surface area (Å²) in [6.07, 6.45) is 6.72. The zero-order chi connectivity index (χ0) is 11.5. The molecule has 1 aromatic heterocycles. The third-order valence-electron chi connectivity index (χ3n) is 3.12. The Morgan fingerprint density at radius 2 is 2.38 bits per heavy atom. The Hall–Kier alpha value is -1.32. The van der Waals surface area contributed by atoms with Crippen LogP contribution in [0.1, 0.15) is 20.3 Å². The molecule has 1 atom stereocenters. The van der Waals surface area contributed by atoms with Gasteiger partial charge >= 0.3 is 0 Å². The standard InChI is InChI=1S/C12H19N3O/c1-10(2)12(16)15-5-3-11(8-15)7-14-6-4-13-9-14/h4,6,9-11H,3,5,7-8H2,1-2H3. The van der Waals surface area contributed by atoms with Crippen molar-refractivity contribution in [2.24, 2.45) is 11.8 Å². The predicted octanol–water partition coefficient (Wildman–Crippen LogP) is 1.39. The Kier molecular flexibility index (Phi) is 3.27. The molecule has 1 saturated heterocycles. The number of amides is 1. The van der Waals surface area contributed by atoms with Crippen LogP contribution in [-0.4, -0.2) is 33.4 Å². The molecule has 1 aliphatic heterocycles. The van der Waals surface area contributed by atoms with Gasteiger partial charge < -0.3 is 9.47 Å². The minimum atomic E-state index is 0.118. The Labute approximate surface area is 96.3 Å². The highest BCUT2D eigenvalue weighted by molar-refractivity contribution is 5.78. The molecule has 1 unspecified atom stereocenters. The van der Waals surface area contributed by atoms with Gasteiger partial charge in [0.05, 0.1) is 6.33 Å². The molecule has 0 spiro atoms. The molecule has 4 heteroatoms. The van der Waals surface area contributed by atoms with Crippen molar-refractivity contribution < 1.29 is 4.79 Å². The summed E-state index contributed by atoms with van der Waals surface area (Å²) in [6, 6.07) is 0. The van der Waals surface area contributed by atoms with Gasteiger partial charge in [0.2, 0.25) is 5.91 Å². The maximum atomic E-state index is 11.8. The summed E-state index contributed by atoms with van der Waals surface area (Å²) < 4.78 is 2.09. The molecule has 1 aliphatic rings. The molecule has 2 rings (SSSR count). The van der Waals surface area contributed by atoms with Crippen molar-refractivity contribution in [3.05, 3.63) is 18.7 Å². The van der Waals surface area contributed by atoms with Crippen LogP contribution in [0.2, 0.25) is 0 Å². The van der Waals surface area contributed by atoms with Crippen molar-refractivity contribution in [3.8, 4) is 0 Å². The predicted molar refractivity (Wildman–Crippen MR) is 61.8 cm³/mol. The lowest BCUT2D eigenvalue weighted by atomic mass is 10.1. The average Bonchev–Trinajstić information content (AvgIpc) is 2.88. The van der Waals surface area contributed by atoms with E-state index >= 15 is 0 Å². The van der Waals surface area contributed by atoms with E-state index in [9.17, 15) is 4.79 Å². The van der Waals surface area contributed by atoms with Gasteiger partial charge in [-0.25, -0.2) is 4.98 Å². The number of likely N-dealkylation sites (tertiary alicyclic amines) is 1. The van der Waals surface area contributed by atoms with Gasteiger partial charge in [-0.3, -0.25) is 4.79 Å². The average molecular weight is 221 g/mol. The van der Waals surface area contributed by atoms with Crippen LogP contribution in [0.15, 0.2) is 18.7 Å². The molecule has 0 bridgehead atoms. The SMILES string of the molecule is CC(C)C(=O)N1CCC(Cn2ccnc2)C1. The zero-order valence-electron chi connectivity index (χ0n) is 9.97. The molecule has 0 saturated carbocycles. The molecule has 88 valence electrons. The maximum absolute atomic E-state index is 11.8. The van der Waals surface area contributed by atoms with Gasteiger partial charge in [0.15, 0.2) is 0 Å². The van der Waals surface area contributed by atoms with E-state index < -0.39 is 0 Å². The molecule has 2 heterocycles.